The molecule has 1 aromatic heterocycles. The summed E-state index contributed by atoms with van der Waals surface area (Å²) < 4.78 is 15.7. The van der Waals surface area contributed by atoms with E-state index in [0.717, 1.165) is 16.9 Å². The fraction of sp³-hybridized carbons (Fsp3) is 0.333. The van der Waals surface area contributed by atoms with E-state index in [1.807, 2.05) is 38.1 Å². The van der Waals surface area contributed by atoms with Crippen LogP contribution in [0.1, 0.15) is 38.1 Å². The molecule has 0 amide bonds. The van der Waals surface area contributed by atoms with Crippen molar-refractivity contribution in [2.45, 2.75) is 39.7 Å². The standard InChI is InChI=1S/C21H22ClFN2O2/c1-21(2,10-9-20(26)27)12-19-24-17-11-16(23)7-8-18(17)25(19)13-14-3-5-15(22)6-4-14/h3-8,11H,9-10,12-13H2,1-2H3,(H,26,27). The van der Waals surface area contributed by atoms with Crippen LogP contribution in [-0.2, 0) is 17.8 Å². The lowest BCUT2D eigenvalue weighted by atomic mass is 9.84. The summed E-state index contributed by atoms with van der Waals surface area (Å²) in [5.74, 6) is -0.309. The number of hydrogen-bond acceptors (Lipinski definition) is 2. The number of hydrogen-bond donors (Lipinski definition) is 1. The van der Waals surface area contributed by atoms with Crippen molar-refractivity contribution in [1.29, 1.82) is 0 Å². The van der Waals surface area contributed by atoms with E-state index in [-0.39, 0.29) is 17.7 Å². The summed E-state index contributed by atoms with van der Waals surface area (Å²) in [6.45, 7) is 4.65. The Hall–Kier alpha value is -2.40. The monoisotopic (exact) mass is 388 g/mol. The fourth-order valence-electron chi connectivity index (χ4n) is 3.20. The molecule has 0 radical (unpaired) electrons. The Bertz CT molecular complexity index is 964. The van der Waals surface area contributed by atoms with Crippen LogP contribution in [0.2, 0.25) is 5.02 Å². The zero-order valence-electron chi connectivity index (χ0n) is 15.4. The van der Waals surface area contributed by atoms with Crippen LogP contribution in [0.25, 0.3) is 11.0 Å². The minimum Gasteiger partial charge on any atom is -0.481 e. The number of benzene rings is 2. The number of halogens is 2. The topological polar surface area (TPSA) is 55.1 Å². The number of carbonyl (C=O) groups is 1. The van der Waals surface area contributed by atoms with Gasteiger partial charge in [-0.15, -0.1) is 0 Å². The van der Waals surface area contributed by atoms with Gasteiger partial charge in [-0.2, -0.15) is 0 Å². The highest BCUT2D eigenvalue weighted by atomic mass is 35.5. The highest BCUT2D eigenvalue weighted by molar-refractivity contribution is 6.30. The highest BCUT2D eigenvalue weighted by Crippen LogP contribution is 2.30. The van der Waals surface area contributed by atoms with Gasteiger partial charge in [-0.25, -0.2) is 9.37 Å². The average Bonchev–Trinajstić information content (AvgIpc) is 2.91. The molecule has 0 atom stereocenters. The van der Waals surface area contributed by atoms with Gasteiger partial charge in [0.05, 0.1) is 11.0 Å². The molecule has 1 N–H and O–H groups in total. The first kappa shape index (κ1) is 19.4. The zero-order valence-corrected chi connectivity index (χ0v) is 16.1. The average molecular weight is 389 g/mol. The van der Waals surface area contributed by atoms with Gasteiger partial charge in [-0.1, -0.05) is 37.6 Å². The second-order valence-corrected chi connectivity index (χ2v) is 8.04. The maximum absolute atomic E-state index is 13.7. The number of nitrogens with zero attached hydrogens (tertiary/aromatic N) is 2. The maximum atomic E-state index is 13.7. The Morgan fingerprint density at radius 2 is 1.93 bits per heavy atom. The van der Waals surface area contributed by atoms with Gasteiger partial charge in [0.1, 0.15) is 11.6 Å². The minimum absolute atomic E-state index is 0.110. The quantitative estimate of drug-likeness (QED) is 0.596. The summed E-state index contributed by atoms with van der Waals surface area (Å²) >= 11 is 5.98. The van der Waals surface area contributed by atoms with Crippen molar-refractivity contribution in [3.63, 3.8) is 0 Å². The molecule has 0 aliphatic carbocycles. The molecular weight excluding hydrogens is 367 g/mol. The minimum atomic E-state index is -0.806. The SMILES string of the molecule is CC(C)(CCC(=O)O)Cc1nc2cc(F)ccc2n1Cc1ccc(Cl)cc1. The van der Waals surface area contributed by atoms with Crippen LogP contribution in [-0.4, -0.2) is 20.6 Å². The molecule has 0 aliphatic rings. The Labute approximate surface area is 162 Å². The third kappa shape index (κ3) is 4.86. The van der Waals surface area contributed by atoms with Gasteiger partial charge < -0.3 is 9.67 Å². The number of rotatable bonds is 7. The molecule has 4 nitrogen and oxygen atoms in total. The lowest BCUT2D eigenvalue weighted by molar-refractivity contribution is -0.137. The highest BCUT2D eigenvalue weighted by Gasteiger charge is 2.24. The number of carboxylic acid groups (broad SMARTS) is 1. The van der Waals surface area contributed by atoms with Crippen molar-refractivity contribution in [3.8, 4) is 0 Å². The van der Waals surface area contributed by atoms with E-state index >= 15 is 0 Å². The van der Waals surface area contributed by atoms with Crippen molar-refractivity contribution >= 4 is 28.6 Å². The van der Waals surface area contributed by atoms with E-state index in [0.29, 0.717) is 29.9 Å². The molecule has 0 saturated heterocycles. The molecule has 6 heteroatoms. The molecule has 142 valence electrons. The molecule has 2 aromatic carbocycles. The number of aromatic nitrogens is 2. The van der Waals surface area contributed by atoms with Crippen molar-refractivity contribution in [3.05, 3.63) is 64.7 Å². The molecule has 0 saturated carbocycles. The molecule has 3 aromatic rings. The molecule has 1 heterocycles. The van der Waals surface area contributed by atoms with Gasteiger partial charge in [0.15, 0.2) is 0 Å². The molecule has 0 bridgehead atoms. The summed E-state index contributed by atoms with van der Waals surface area (Å²) in [5, 5.41) is 9.66. The van der Waals surface area contributed by atoms with E-state index in [1.54, 1.807) is 6.07 Å². The van der Waals surface area contributed by atoms with Crippen LogP contribution in [0.15, 0.2) is 42.5 Å². The van der Waals surface area contributed by atoms with Crippen molar-refractivity contribution in [2.75, 3.05) is 0 Å². The Morgan fingerprint density at radius 1 is 1.22 bits per heavy atom. The summed E-state index contributed by atoms with van der Waals surface area (Å²) in [6, 6.07) is 12.2. The number of fused-ring (bicyclic) bond motifs is 1. The van der Waals surface area contributed by atoms with E-state index < -0.39 is 5.97 Å². The number of aliphatic carboxylic acids is 1. The summed E-state index contributed by atoms with van der Waals surface area (Å²) in [6.07, 6.45) is 1.25. The van der Waals surface area contributed by atoms with Crippen LogP contribution in [0.3, 0.4) is 0 Å². The van der Waals surface area contributed by atoms with Crippen molar-refractivity contribution < 1.29 is 14.3 Å². The summed E-state index contributed by atoms with van der Waals surface area (Å²) in [7, 11) is 0. The van der Waals surface area contributed by atoms with Crippen LogP contribution < -0.4 is 0 Å². The second-order valence-electron chi connectivity index (χ2n) is 7.61. The smallest absolute Gasteiger partial charge is 0.303 e. The third-order valence-electron chi connectivity index (χ3n) is 4.70. The molecule has 3 rings (SSSR count). The van der Waals surface area contributed by atoms with Gasteiger partial charge in [-0.05, 0) is 41.7 Å². The van der Waals surface area contributed by atoms with E-state index in [4.69, 9.17) is 16.7 Å². The van der Waals surface area contributed by atoms with Gasteiger partial charge in [0.25, 0.3) is 0 Å². The molecule has 27 heavy (non-hydrogen) atoms. The molecular formula is C21H22ClFN2O2. The predicted octanol–water partition coefficient (Wildman–Crippen LogP) is 5.31. The first-order valence-electron chi connectivity index (χ1n) is 8.84. The first-order chi connectivity index (χ1) is 12.7. The Balaban J connectivity index is 1.97. The molecule has 0 fully saturated rings. The normalized spacial score (nSPS) is 11.9. The van der Waals surface area contributed by atoms with Gasteiger partial charge in [0.2, 0.25) is 0 Å². The lowest BCUT2D eigenvalue weighted by Gasteiger charge is -2.24. The van der Waals surface area contributed by atoms with Gasteiger partial charge in [-0.3, -0.25) is 4.79 Å². The molecule has 0 unspecified atom stereocenters. The van der Waals surface area contributed by atoms with Crippen molar-refractivity contribution in [1.82, 2.24) is 9.55 Å². The van der Waals surface area contributed by atoms with E-state index in [1.165, 1.54) is 12.1 Å². The molecule has 0 spiro atoms. The van der Waals surface area contributed by atoms with Crippen LogP contribution in [0.5, 0.6) is 0 Å². The zero-order chi connectivity index (χ0) is 19.6. The van der Waals surface area contributed by atoms with Crippen LogP contribution >= 0.6 is 11.6 Å². The van der Waals surface area contributed by atoms with Crippen LogP contribution in [0.4, 0.5) is 4.39 Å². The van der Waals surface area contributed by atoms with Crippen LogP contribution in [0, 0.1) is 11.2 Å². The van der Waals surface area contributed by atoms with Gasteiger partial charge in [0, 0.05) is 30.5 Å². The maximum Gasteiger partial charge on any atom is 0.303 e. The Morgan fingerprint density at radius 3 is 2.59 bits per heavy atom. The third-order valence-corrected chi connectivity index (χ3v) is 4.95. The fourth-order valence-corrected chi connectivity index (χ4v) is 3.32. The van der Waals surface area contributed by atoms with E-state index in [9.17, 15) is 9.18 Å². The predicted molar refractivity (Wildman–Crippen MR) is 105 cm³/mol. The number of imidazole rings is 1. The lowest BCUT2D eigenvalue weighted by Crippen LogP contribution is -2.20. The van der Waals surface area contributed by atoms with E-state index in [2.05, 4.69) is 9.55 Å². The largest absolute Gasteiger partial charge is 0.481 e. The first-order valence-corrected chi connectivity index (χ1v) is 9.22. The van der Waals surface area contributed by atoms with Gasteiger partial charge >= 0.3 is 5.97 Å². The molecule has 0 aliphatic heterocycles. The summed E-state index contributed by atoms with van der Waals surface area (Å²) in [5.41, 5.74) is 2.28. The second kappa shape index (κ2) is 7.69. The van der Waals surface area contributed by atoms with Crippen molar-refractivity contribution in [2.24, 2.45) is 5.41 Å². The Kier molecular flexibility index (Phi) is 5.51. The number of carboxylic acids is 1. The summed E-state index contributed by atoms with van der Waals surface area (Å²) in [4.78, 5) is 15.6.